The monoisotopic (exact) mass is 480 g/mol. The Labute approximate surface area is 196 Å². The highest BCUT2D eigenvalue weighted by atomic mass is 32.1. The Morgan fingerprint density at radius 2 is 2.27 bits per heavy atom. The number of thiophene rings is 1. The fourth-order valence-corrected chi connectivity index (χ4v) is 6.00. The highest BCUT2D eigenvalue weighted by Crippen LogP contribution is 2.39. The van der Waals surface area contributed by atoms with Gasteiger partial charge in [0.05, 0.1) is 28.1 Å². The van der Waals surface area contributed by atoms with Gasteiger partial charge in [-0.3, -0.25) is 4.79 Å². The van der Waals surface area contributed by atoms with Crippen molar-refractivity contribution >= 4 is 60.7 Å². The summed E-state index contributed by atoms with van der Waals surface area (Å²) in [6, 6.07) is 7.76. The molecule has 11 heteroatoms. The molecular weight excluding hydrogens is 460 g/mol. The number of aromatic nitrogens is 3. The summed E-state index contributed by atoms with van der Waals surface area (Å²) in [7, 11) is 1.64. The van der Waals surface area contributed by atoms with Crippen LogP contribution in [0, 0.1) is 11.3 Å². The molecule has 0 radical (unpaired) electrons. The number of amides is 1. The van der Waals surface area contributed by atoms with Gasteiger partial charge in [-0.1, -0.05) is 11.3 Å². The molecule has 33 heavy (non-hydrogen) atoms. The van der Waals surface area contributed by atoms with Gasteiger partial charge in [0.25, 0.3) is 0 Å². The van der Waals surface area contributed by atoms with E-state index in [1.165, 1.54) is 21.8 Å². The van der Waals surface area contributed by atoms with E-state index >= 15 is 0 Å². The molecule has 1 amide bonds. The smallest absolute Gasteiger partial charge is 0.409 e. The number of benzene rings is 1. The van der Waals surface area contributed by atoms with Gasteiger partial charge in [-0.15, -0.1) is 11.3 Å². The van der Waals surface area contributed by atoms with Gasteiger partial charge in [0, 0.05) is 30.6 Å². The second-order valence-electron chi connectivity index (χ2n) is 7.83. The van der Waals surface area contributed by atoms with E-state index in [0.29, 0.717) is 19.4 Å². The molecule has 0 saturated carbocycles. The zero-order valence-electron chi connectivity index (χ0n) is 17.8. The standard InChI is InChI=1S/C22H20N6O3S2/c1-28(8-2-7-23)22(30)31-13-4-5-14-16(10-13)32-20-18(14)19(24-11-25-20)26-12-3-6-15-17(9-12)33-21(29)27-15/h3,6,9,11,13H,2,4-5,8,10H2,1H3,(H,27,29)(H,24,25,26). The van der Waals surface area contributed by atoms with E-state index in [0.717, 1.165) is 43.2 Å². The van der Waals surface area contributed by atoms with E-state index in [4.69, 9.17) is 10.00 Å². The number of anilines is 2. The fraction of sp³-hybridized carbons (Fsp3) is 0.318. The van der Waals surface area contributed by atoms with Gasteiger partial charge in [0.2, 0.25) is 0 Å². The van der Waals surface area contributed by atoms with Crippen molar-refractivity contribution in [2.75, 3.05) is 18.9 Å². The lowest BCUT2D eigenvalue weighted by Crippen LogP contribution is -2.33. The molecule has 1 atom stereocenters. The lowest BCUT2D eigenvalue weighted by Gasteiger charge is -2.25. The maximum Gasteiger partial charge on any atom is 0.409 e. The highest BCUT2D eigenvalue weighted by molar-refractivity contribution is 7.19. The molecule has 2 N–H and O–H groups in total. The van der Waals surface area contributed by atoms with Crippen molar-refractivity contribution < 1.29 is 9.53 Å². The van der Waals surface area contributed by atoms with Crippen molar-refractivity contribution in [3.8, 4) is 6.07 Å². The molecule has 0 aliphatic heterocycles. The molecule has 3 heterocycles. The summed E-state index contributed by atoms with van der Waals surface area (Å²) in [6.07, 6.45) is 3.33. The van der Waals surface area contributed by atoms with Crippen LogP contribution < -0.4 is 10.2 Å². The van der Waals surface area contributed by atoms with E-state index in [-0.39, 0.29) is 17.4 Å². The summed E-state index contributed by atoms with van der Waals surface area (Å²) < 4.78 is 6.56. The number of aromatic amines is 1. The lowest BCUT2D eigenvalue weighted by molar-refractivity contribution is 0.0637. The third-order valence-corrected chi connectivity index (χ3v) is 7.63. The van der Waals surface area contributed by atoms with Crippen molar-refractivity contribution in [2.45, 2.75) is 31.8 Å². The van der Waals surface area contributed by atoms with E-state index < -0.39 is 6.09 Å². The number of aryl methyl sites for hydroxylation is 1. The molecule has 3 aromatic heterocycles. The van der Waals surface area contributed by atoms with Crippen molar-refractivity contribution in [2.24, 2.45) is 0 Å². The normalized spacial score (nSPS) is 15.2. The summed E-state index contributed by atoms with van der Waals surface area (Å²) in [6.45, 7) is 0.353. The quantitative estimate of drug-likeness (QED) is 0.439. The molecule has 5 rings (SSSR count). The highest BCUT2D eigenvalue weighted by Gasteiger charge is 2.28. The molecule has 0 saturated heterocycles. The topological polar surface area (TPSA) is 124 Å². The molecule has 168 valence electrons. The number of rotatable bonds is 5. The second kappa shape index (κ2) is 8.80. The minimum Gasteiger partial charge on any atom is -0.446 e. The summed E-state index contributed by atoms with van der Waals surface area (Å²) in [5, 5.41) is 13.1. The van der Waals surface area contributed by atoms with Crippen molar-refractivity contribution in [1.29, 1.82) is 5.26 Å². The van der Waals surface area contributed by atoms with Gasteiger partial charge < -0.3 is 19.9 Å². The summed E-state index contributed by atoms with van der Waals surface area (Å²) in [5.74, 6) is 0.728. The first kappa shape index (κ1) is 21.4. The molecule has 0 bridgehead atoms. The van der Waals surface area contributed by atoms with Gasteiger partial charge in [0.1, 0.15) is 23.1 Å². The molecule has 0 fully saturated rings. The average molecular weight is 481 g/mol. The van der Waals surface area contributed by atoms with E-state index in [1.807, 2.05) is 24.3 Å². The van der Waals surface area contributed by atoms with E-state index in [1.54, 1.807) is 24.7 Å². The number of thiazole rings is 1. The number of hydrogen-bond acceptors (Lipinski definition) is 9. The Hall–Kier alpha value is -3.49. The van der Waals surface area contributed by atoms with Crippen LogP contribution in [0.1, 0.15) is 23.3 Å². The van der Waals surface area contributed by atoms with Crippen LogP contribution in [0.25, 0.3) is 20.4 Å². The number of H-pyrrole nitrogens is 1. The first-order valence-electron chi connectivity index (χ1n) is 10.5. The Kier molecular flexibility index (Phi) is 5.70. The molecule has 1 aliphatic rings. The van der Waals surface area contributed by atoms with Crippen LogP contribution in [-0.2, 0) is 17.6 Å². The van der Waals surface area contributed by atoms with Crippen molar-refractivity contribution in [3.05, 3.63) is 44.6 Å². The third kappa shape index (κ3) is 4.27. The summed E-state index contributed by atoms with van der Waals surface area (Å²) in [5.41, 5.74) is 2.85. The zero-order valence-corrected chi connectivity index (χ0v) is 19.4. The van der Waals surface area contributed by atoms with Gasteiger partial charge in [-0.25, -0.2) is 14.8 Å². The largest absolute Gasteiger partial charge is 0.446 e. The molecule has 1 unspecified atom stereocenters. The number of nitrogens with zero attached hydrogens (tertiary/aromatic N) is 4. The van der Waals surface area contributed by atoms with Crippen LogP contribution in [0.5, 0.6) is 0 Å². The van der Waals surface area contributed by atoms with Crippen LogP contribution in [0.15, 0.2) is 29.3 Å². The number of hydrogen-bond donors (Lipinski definition) is 2. The maximum absolute atomic E-state index is 12.3. The van der Waals surface area contributed by atoms with Gasteiger partial charge >= 0.3 is 11.0 Å². The second-order valence-corrected chi connectivity index (χ2v) is 9.93. The molecule has 1 aromatic carbocycles. The minimum absolute atomic E-state index is 0.0787. The number of ether oxygens (including phenoxy) is 1. The average Bonchev–Trinajstić information content (AvgIpc) is 3.36. The van der Waals surface area contributed by atoms with Gasteiger partial charge in [0.15, 0.2) is 0 Å². The Morgan fingerprint density at radius 1 is 1.39 bits per heavy atom. The Morgan fingerprint density at radius 3 is 3.12 bits per heavy atom. The van der Waals surface area contributed by atoms with Crippen LogP contribution in [0.4, 0.5) is 16.3 Å². The predicted octanol–water partition coefficient (Wildman–Crippen LogP) is 4.18. The lowest BCUT2D eigenvalue weighted by atomic mass is 9.94. The van der Waals surface area contributed by atoms with Crippen LogP contribution in [0.2, 0.25) is 0 Å². The fourth-order valence-electron chi connectivity index (χ4n) is 3.98. The summed E-state index contributed by atoms with van der Waals surface area (Å²) >= 11 is 2.77. The minimum atomic E-state index is -0.399. The first-order valence-corrected chi connectivity index (χ1v) is 12.1. The SMILES string of the molecule is CN(CCC#N)C(=O)OC1CCc2c(sc3ncnc(Nc4ccc5[nH]c(=O)sc5c4)c23)C1. The number of carbonyl (C=O) groups is 1. The van der Waals surface area contributed by atoms with Crippen LogP contribution in [0.3, 0.4) is 0 Å². The number of carbonyl (C=O) groups excluding carboxylic acids is 1. The van der Waals surface area contributed by atoms with Crippen LogP contribution in [-0.4, -0.2) is 45.6 Å². The molecule has 9 nitrogen and oxygen atoms in total. The molecule has 1 aliphatic carbocycles. The van der Waals surface area contributed by atoms with Gasteiger partial charge in [-0.2, -0.15) is 5.26 Å². The number of fused-ring (bicyclic) bond motifs is 4. The molecule has 0 spiro atoms. The van der Waals surface area contributed by atoms with E-state index in [2.05, 4.69) is 20.3 Å². The van der Waals surface area contributed by atoms with Crippen molar-refractivity contribution in [1.82, 2.24) is 19.9 Å². The Balaban J connectivity index is 1.37. The van der Waals surface area contributed by atoms with Crippen LogP contribution >= 0.6 is 22.7 Å². The number of nitriles is 1. The maximum atomic E-state index is 12.3. The van der Waals surface area contributed by atoms with Crippen molar-refractivity contribution in [3.63, 3.8) is 0 Å². The Bertz CT molecular complexity index is 1450. The number of nitrogens with one attached hydrogen (secondary N) is 2. The predicted molar refractivity (Wildman–Crippen MR) is 128 cm³/mol. The first-order chi connectivity index (χ1) is 16.0. The third-order valence-electron chi connectivity index (χ3n) is 5.62. The summed E-state index contributed by atoms with van der Waals surface area (Å²) in [4.78, 5) is 39.1. The molecule has 4 aromatic rings. The van der Waals surface area contributed by atoms with Gasteiger partial charge in [-0.05, 0) is 36.6 Å². The zero-order chi connectivity index (χ0) is 22.9. The van der Waals surface area contributed by atoms with E-state index in [9.17, 15) is 9.59 Å². The molecular formula is C22H20N6O3S2.